The van der Waals surface area contributed by atoms with Gasteiger partial charge < -0.3 is 10.3 Å². The maximum Gasteiger partial charge on any atom is 0.298 e. The summed E-state index contributed by atoms with van der Waals surface area (Å²) in [4.78, 5) is 26.2. The average molecular weight is 263 g/mol. The van der Waals surface area contributed by atoms with Gasteiger partial charge >= 0.3 is 0 Å². The molecule has 0 bridgehead atoms. The number of aromatic nitrogens is 1. The smallest absolute Gasteiger partial charge is 0.298 e. The summed E-state index contributed by atoms with van der Waals surface area (Å²) in [7, 11) is 0. The van der Waals surface area contributed by atoms with Crippen molar-refractivity contribution in [1.82, 2.24) is 4.98 Å². The number of anilines is 1. The van der Waals surface area contributed by atoms with Gasteiger partial charge in [-0.15, -0.1) is 0 Å². The zero-order valence-electron chi connectivity index (χ0n) is 9.66. The lowest BCUT2D eigenvalue weighted by Gasteiger charge is -2.08. The van der Waals surface area contributed by atoms with Gasteiger partial charge in [0.2, 0.25) is 0 Å². The average Bonchev–Trinajstić information content (AvgIpc) is 2.87. The van der Waals surface area contributed by atoms with Crippen LogP contribution in [-0.4, -0.2) is 16.7 Å². The summed E-state index contributed by atoms with van der Waals surface area (Å²) >= 11 is 5.93. The number of H-pyrrole nitrogens is 1. The molecule has 0 saturated carbocycles. The third-order valence-corrected chi connectivity index (χ3v) is 2.97. The summed E-state index contributed by atoms with van der Waals surface area (Å²) in [5.74, 6) is -1.30. The summed E-state index contributed by atoms with van der Waals surface area (Å²) in [6.45, 7) is 1.77. The Bertz CT molecular complexity index is 591. The van der Waals surface area contributed by atoms with E-state index in [4.69, 9.17) is 11.6 Å². The third-order valence-electron chi connectivity index (χ3n) is 2.56. The lowest BCUT2D eigenvalue weighted by molar-refractivity contribution is -0.112. The Labute approximate surface area is 109 Å². The normalized spacial score (nSPS) is 10.1. The van der Waals surface area contributed by atoms with Crippen LogP contribution in [0.2, 0.25) is 5.02 Å². The molecule has 92 valence electrons. The Morgan fingerprint density at radius 1 is 1.22 bits per heavy atom. The lowest BCUT2D eigenvalue weighted by atomic mass is 10.2. The molecule has 1 amide bonds. The number of carbonyl (C=O) groups is 2. The quantitative estimate of drug-likeness (QED) is 0.660. The van der Waals surface area contributed by atoms with Gasteiger partial charge in [0.15, 0.2) is 0 Å². The van der Waals surface area contributed by atoms with Crippen LogP contribution in [0.5, 0.6) is 0 Å². The van der Waals surface area contributed by atoms with Crippen molar-refractivity contribution in [3.8, 4) is 0 Å². The maximum atomic E-state index is 11.8. The van der Waals surface area contributed by atoms with Crippen LogP contribution in [0.4, 0.5) is 5.69 Å². The van der Waals surface area contributed by atoms with Crippen LogP contribution < -0.4 is 5.32 Å². The summed E-state index contributed by atoms with van der Waals surface area (Å²) in [6.07, 6.45) is 1.59. The molecule has 1 heterocycles. The van der Waals surface area contributed by atoms with Crippen molar-refractivity contribution < 1.29 is 9.59 Å². The molecule has 2 rings (SSSR count). The molecule has 2 N–H and O–H groups in total. The molecule has 4 nitrogen and oxygen atoms in total. The second kappa shape index (κ2) is 5.06. The van der Waals surface area contributed by atoms with E-state index in [1.807, 2.05) is 0 Å². The summed E-state index contributed by atoms with van der Waals surface area (Å²) in [5.41, 5.74) is 1.52. The minimum Gasteiger partial charge on any atom is -0.358 e. The van der Waals surface area contributed by atoms with E-state index in [0.717, 1.165) is 5.56 Å². The molecule has 1 aromatic heterocycles. The van der Waals surface area contributed by atoms with Gasteiger partial charge in [-0.1, -0.05) is 17.7 Å². The van der Waals surface area contributed by atoms with Crippen LogP contribution >= 0.6 is 11.6 Å². The molecule has 0 radical (unpaired) electrons. The minimum atomic E-state index is -0.692. The molecule has 1 aromatic carbocycles. The molecular weight excluding hydrogens is 252 g/mol. The summed E-state index contributed by atoms with van der Waals surface area (Å²) in [6, 6.07) is 8.34. The van der Waals surface area contributed by atoms with Crippen LogP contribution in [0.15, 0.2) is 36.5 Å². The minimum absolute atomic E-state index is 0.257. The fourth-order valence-corrected chi connectivity index (χ4v) is 1.69. The number of hydrogen-bond donors (Lipinski definition) is 2. The van der Waals surface area contributed by atoms with Gasteiger partial charge in [0.05, 0.1) is 5.69 Å². The van der Waals surface area contributed by atoms with E-state index in [9.17, 15) is 9.59 Å². The van der Waals surface area contributed by atoms with Crippen LogP contribution in [-0.2, 0) is 4.79 Å². The van der Waals surface area contributed by atoms with E-state index < -0.39 is 11.7 Å². The zero-order valence-corrected chi connectivity index (χ0v) is 10.4. The summed E-state index contributed by atoms with van der Waals surface area (Å²) < 4.78 is 0. The Balaban J connectivity index is 2.17. The molecule has 0 spiro atoms. The zero-order chi connectivity index (χ0) is 13.1. The van der Waals surface area contributed by atoms with Crippen LogP contribution in [0.3, 0.4) is 0 Å². The fourth-order valence-electron chi connectivity index (χ4n) is 1.52. The van der Waals surface area contributed by atoms with Crippen molar-refractivity contribution in [2.75, 3.05) is 5.32 Å². The number of nitrogens with one attached hydrogen (secondary N) is 2. The largest absolute Gasteiger partial charge is 0.358 e. The number of hydrogen-bond acceptors (Lipinski definition) is 2. The molecule has 5 heteroatoms. The fraction of sp³-hybridized carbons (Fsp3) is 0.0769. The van der Waals surface area contributed by atoms with Crippen molar-refractivity contribution in [1.29, 1.82) is 0 Å². The van der Waals surface area contributed by atoms with Crippen molar-refractivity contribution in [2.24, 2.45) is 0 Å². The number of amides is 1. The van der Waals surface area contributed by atoms with E-state index in [1.54, 1.807) is 43.5 Å². The van der Waals surface area contributed by atoms with E-state index in [-0.39, 0.29) is 5.69 Å². The first-order valence-electron chi connectivity index (χ1n) is 5.34. The second-order valence-corrected chi connectivity index (χ2v) is 4.19. The number of Topliss-reactive ketones (excluding diaryl/α,β-unsaturated/α-hetero) is 1. The summed E-state index contributed by atoms with van der Waals surface area (Å²) in [5, 5.41) is 3.09. The molecule has 0 aliphatic carbocycles. The molecular formula is C13H11ClN2O2. The molecule has 0 saturated heterocycles. The van der Waals surface area contributed by atoms with Crippen LogP contribution in [0.25, 0.3) is 0 Å². The van der Waals surface area contributed by atoms with E-state index in [2.05, 4.69) is 10.3 Å². The van der Waals surface area contributed by atoms with Crippen molar-refractivity contribution in [3.05, 3.63) is 52.8 Å². The molecule has 18 heavy (non-hydrogen) atoms. The predicted molar refractivity (Wildman–Crippen MR) is 69.9 cm³/mol. The third kappa shape index (κ3) is 2.43. The Kier molecular flexibility index (Phi) is 3.48. The van der Waals surface area contributed by atoms with Gasteiger partial charge in [0.1, 0.15) is 0 Å². The number of benzene rings is 1. The van der Waals surface area contributed by atoms with Gasteiger partial charge in [0, 0.05) is 16.9 Å². The number of ketones is 1. The van der Waals surface area contributed by atoms with Gasteiger partial charge in [-0.2, -0.15) is 0 Å². The van der Waals surface area contributed by atoms with Crippen molar-refractivity contribution >= 4 is 29.0 Å². The van der Waals surface area contributed by atoms with Gasteiger partial charge in [-0.3, -0.25) is 9.59 Å². The first-order valence-corrected chi connectivity index (χ1v) is 5.71. The Hall–Kier alpha value is -2.07. The van der Waals surface area contributed by atoms with Gasteiger partial charge in [-0.25, -0.2) is 0 Å². The van der Waals surface area contributed by atoms with Crippen LogP contribution in [0.1, 0.15) is 16.1 Å². The van der Waals surface area contributed by atoms with E-state index in [1.165, 1.54) is 0 Å². The van der Waals surface area contributed by atoms with Crippen LogP contribution in [0, 0.1) is 6.92 Å². The monoisotopic (exact) mass is 262 g/mol. The molecule has 0 aliphatic heterocycles. The van der Waals surface area contributed by atoms with Gasteiger partial charge in [-0.05, 0) is 36.8 Å². The second-order valence-electron chi connectivity index (χ2n) is 3.78. The van der Waals surface area contributed by atoms with Crippen molar-refractivity contribution in [3.63, 3.8) is 0 Å². The predicted octanol–water partition coefficient (Wildman–Crippen LogP) is 2.80. The first-order chi connectivity index (χ1) is 8.59. The SMILES string of the molecule is Cc1c(Cl)cccc1NC(=O)C(=O)c1ccc[nH]1. The topological polar surface area (TPSA) is 62.0 Å². The highest BCUT2D eigenvalue weighted by molar-refractivity contribution is 6.46. The Morgan fingerprint density at radius 3 is 2.67 bits per heavy atom. The Morgan fingerprint density at radius 2 is 2.00 bits per heavy atom. The standard InChI is InChI=1S/C13H11ClN2O2/c1-8-9(14)4-2-5-10(8)16-13(18)12(17)11-6-3-7-15-11/h2-7,15H,1H3,(H,16,18). The van der Waals surface area contributed by atoms with Gasteiger partial charge in [0.25, 0.3) is 11.7 Å². The highest BCUT2D eigenvalue weighted by atomic mass is 35.5. The number of aromatic amines is 1. The molecule has 0 fully saturated rings. The maximum absolute atomic E-state index is 11.8. The molecule has 0 atom stereocenters. The number of carbonyl (C=O) groups excluding carboxylic acids is 2. The highest BCUT2D eigenvalue weighted by Crippen LogP contribution is 2.22. The molecule has 0 unspecified atom stereocenters. The molecule has 0 aliphatic rings. The molecule has 2 aromatic rings. The lowest BCUT2D eigenvalue weighted by Crippen LogP contribution is -2.23. The number of halogens is 1. The number of rotatable bonds is 3. The van der Waals surface area contributed by atoms with Crippen molar-refractivity contribution in [2.45, 2.75) is 6.92 Å². The highest BCUT2D eigenvalue weighted by Gasteiger charge is 2.17. The first kappa shape index (κ1) is 12.4. The van der Waals surface area contributed by atoms with E-state index >= 15 is 0 Å². The van der Waals surface area contributed by atoms with E-state index in [0.29, 0.717) is 10.7 Å².